The van der Waals surface area contributed by atoms with Crippen LogP contribution >= 0.6 is 0 Å². The zero-order valence-corrected chi connectivity index (χ0v) is 12.5. The topological polar surface area (TPSA) is 50.8 Å². The van der Waals surface area contributed by atoms with Crippen molar-refractivity contribution in [3.8, 4) is 5.75 Å². The number of nitrogens with zero attached hydrogens (tertiary/aromatic N) is 1. The van der Waals surface area contributed by atoms with Gasteiger partial charge >= 0.3 is 0 Å². The van der Waals surface area contributed by atoms with Crippen LogP contribution in [0.2, 0.25) is 0 Å². The van der Waals surface area contributed by atoms with Gasteiger partial charge in [0.2, 0.25) is 5.91 Å². The first kappa shape index (κ1) is 14.8. The second-order valence-corrected chi connectivity index (χ2v) is 5.12. The molecule has 0 radical (unpaired) electrons. The lowest BCUT2D eigenvalue weighted by Gasteiger charge is -2.30. The fraction of sp³-hybridized carbons (Fsp3) is 0.533. The van der Waals surface area contributed by atoms with Crippen molar-refractivity contribution in [2.75, 3.05) is 27.4 Å². The van der Waals surface area contributed by atoms with Crippen LogP contribution in [0.1, 0.15) is 24.2 Å². The molecule has 20 heavy (non-hydrogen) atoms. The number of carbonyl (C=O) groups excluding carboxylic acids is 1. The summed E-state index contributed by atoms with van der Waals surface area (Å²) in [5, 5.41) is 3.26. The molecule has 0 saturated carbocycles. The van der Waals surface area contributed by atoms with Gasteiger partial charge in [-0.05, 0) is 37.1 Å². The molecule has 2 unspecified atom stereocenters. The van der Waals surface area contributed by atoms with Gasteiger partial charge in [-0.2, -0.15) is 0 Å². The Bertz CT molecular complexity index is 490. The molecule has 1 aliphatic rings. The van der Waals surface area contributed by atoms with Crippen LogP contribution in [0.15, 0.2) is 18.2 Å². The molecule has 1 aromatic rings. The molecule has 0 spiro atoms. The van der Waals surface area contributed by atoms with Crippen LogP contribution in [0.3, 0.4) is 0 Å². The SMILES string of the molecule is COCC(C)N1C(=O)CNC1c1ccc(OC)c(C)c1. The summed E-state index contributed by atoms with van der Waals surface area (Å²) >= 11 is 0. The van der Waals surface area contributed by atoms with E-state index in [-0.39, 0.29) is 18.1 Å². The third kappa shape index (κ3) is 2.78. The monoisotopic (exact) mass is 278 g/mol. The fourth-order valence-corrected chi connectivity index (χ4v) is 2.69. The van der Waals surface area contributed by atoms with E-state index in [1.807, 2.05) is 30.9 Å². The summed E-state index contributed by atoms with van der Waals surface area (Å²) in [6, 6.07) is 6.03. The number of rotatable bonds is 5. The number of carbonyl (C=O) groups is 1. The Balaban J connectivity index is 2.26. The van der Waals surface area contributed by atoms with Crippen molar-refractivity contribution < 1.29 is 14.3 Å². The second-order valence-electron chi connectivity index (χ2n) is 5.12. The molecule has 2 atom stereocenters. The lowest BCUT2D eigenvalue weighted by Crippen LogP contribution is -2.40. The van der Waals surface area contributed by atoms with Gasteiger partial charge in [0.1, 0.15) is 11.9 Å². The predicted molar refractivity (Wildman–Crippen MR) is 76.7 cm³/mol. The molecule has 1 saturated heterocycles. The summed E-state index contributed by atoms with van der Waals surface area (Å²) in [6.07, 6.45) is -0.0998. The molecule has 1 aromatic carbocycles. The van der Waals surface area contributed by atoms with Crippen molar-refractivity contribution in [1.29, 1.82) is 0 Å². The van der Waals surface area contributed by atoms with Crippen molar-refractivity contribution in [1.82, 2.24) is 10.2 Å². The first-order chi connectivity index (χ1) is 9.58. The highest BCUT2D eigenvalue weighted by molar-refractivity contribution is 5.81. The van der Waals surface area contributed by atoms with Gasteiger partial charge < -0.3 is 14.4 Å². The van der Waals surface area contributed by atoms with E-state index in [1.165, 1.54) is 0 Å². The van der Waals surface area contributed by atoms with Crippen LogP contribution < -0.4 is 10.1 Å². The molecule has 1 fully saturated rings. The van der Waals surface area contributed by atoms with E-state index in [4.69, 9.17) is 9.47 Å². The number of benzene rings is 1. The highest BCUT2D eigenvalue weighted by Gasteiger charge is 2.35. The van der Waals surface area contributed by atoms with Gasteiger partial charge in [-0.15, -0.1) is 0 Å². The predicted octanol–water partition coefficient (Wildman–Crippen LogP) is 1.47. The first-order valence-corrected chi connectivity index (χ1v) is 6.76. The Morgan fingerprint density at radius 3 is 2.80 bits per heavy atom. The molecular weight excluding hydrogens is 256 g/mol. The number of nitrogens with one attached hydrogen (secondary N) is 1. The van der Waals surface area contributed by atoms with Crippen LogP contribution in [-0.4, -0.2) is 44.2 Å². The number of ether oxygens (including phenoxy) is 2. The number of aryl methyl sites for hydroxylation is 1. The van der Waals surface area contributed by atoms with Crippen LogP contribution in [0.4, 0.5) is 0 Å². The van der Waals surface area contributed by atoms with E-state index in [0.717, 1.165) is 16.9 Å². The van der Waals surface area contributed by atoms with Crippen LogP contribution in [-0.2, 0) is 9.53 Å². The third-order valence-electron chi connectivity index (χ3n) is 3.63. The molecule has 1 aliphatic heterocycles. The van der Waals surface area contributed by atoms with Gasteiger partial charge in [-0.1, -0.05) is 6.07 Å². The molecule has 5 heteroatoms. The Morgan fingerprint density at radius 1 is 1.45 bits per heavy atom. The van der Waals surface area contributed by atoms with Crippen molar-refractivity contribution in [2.45, 2.75) is 26.1 Å². The summed E-state index contributed by atoms with van der Waals surface area (Å²) in [4.78, 5) is 13.9. The maximum Gasteiger partial charge on any atom is 0.238 e. The molecule has 0 aliphatic carbocycles. The van der Waals surface area contributed by atoms with Crippen molar-refractivity contribution in [3.63, 3.8) is 0 Å². The van der Waals surface area contributed by atoms with E-state index in [0.29, 0.717) is 13.2 Å². The van der Waals surface area contributed by atoms with E-state index in [1.54, 1.807) is 14.2 Å². The largest absolute Gasteiger partial charge is 0.496 e. The maximum atomic E-state index is 12.1. The summed E-state index contributed by atoms with van der Waals surface area (Å²) < 4.78 is 10.4. The minimum atomic E-state index is -0.0998. The summed E-state index contributed by atoms with van der Waals surface area (Å²) in [6.45, 7) is 4.89. The smallest absolute Gasteiger partial charge is 0.238 e. The van der Waals surface area contributed by atoms with Crippen molar-refractivity contribution >= 4 is 5.91 Å². The van der Waals surface area contributed by atoms with Crippen LogP contribution in [0, 0.1) is 6.92 Å². The van der Waals surface area contributed by atoms with E-state index in [2.05, 4.69) is 11.4 Å². The summed E-state index contributed by atoms with van der Waals surface area (Å²) in [5.74, 6) is 0.961. The zero-order chi connectivity index (χ0) is 14.7. The van der Waals surface area contributed by atoms with Crippen LogP contribution in [0.25, 0.3) is 0 Å². The minimum absolute atomic E-state index is 0.0370. The van der Waals surface area contributed by atoms with E-state index >= 15 is 0 Å². The fourth-order valence-electron chi connectivity index (χ4n) is 2.69. The molecular formula is C15H22N2O3. The van der Waals surface area contributed by atoms with Gasteiger partial charge in [-0.25, -0.2) is 0 Å². The van der Waals surface area contributed by atoms with Crippen molar-refractivity contribution in [3.05, 3.63) is 29.3 Å². The number of amides is 1. The molecule has 1 heterocycles. The minimum Gasteiger partial charge on any atom is -0.496 e. The van der Waals surface area contributed by atoms with Gasteiger partial charge in [0.25, 0.3) is 0 Å². The van der Waals surface area contributed by atoms with Gasteiger partial charge in [-0.3, -0.25) is 10.1 Å². The molecule has 2 rings (SSSR count). The zero-order valence-electron chi connectivity index (χ0n) is 12.5. The van der Waals surface area contributed by atoms with Crippen LogP contribution in [0.5, 0.6) is 5.75 Å². The van der Waals surface area contributed by atoms with Gasteiger partial charge in [0.05, 0.1) is 26.3 Å². The Kier molecular flexibility index (Phi) is 4.62. The summed E-state index contributed by atoms with van der Waals surface area (Å²) in [5.41, 5.74) is 2.13. The van der Waals surface area contributed by atoms with Gasteiger partial charge in [0.15, 0.2) is 0 Å². The standard InChI is InChI=1S/C15H22N2O3/c1-10-7-12(5-6-13(10)20-4)15-16-8-14(18)17(15)11(2)9-19-3/h5-7,11,15-16H,8-9H2,1-4H3. The summed E-state index contributed by atoms with van der Waals surface area (Å²) in [7, 11) is 3.31. The number of hydrogen-bond acceptors (Lipinski definition) is 4. The third-order valence-corrected chi connectivity index (χ3v) is 3.63. The number of methoxy groups -OCH3 is 2. The molecule has 1 amide bonds. The lowest BCUT2D eigenvalue weighted by molar-refractivity contribution is -0.131. The Hall–Kier alpha value is -1.59. The molecule has 0 bridgehead atoms. The Morgan fingerprint density at radius 2 is 2.20 bits per heavy atom. The second kappa shape index (κ2) is 6.24. The molecule has 5 nitrogen and oxygen atoms in total. The van der Waals surface area contributed by atoms with Gasteiger partial charge in [0, 0.05) is 7.11 Å². The quantitative estimate of drug-likeness (QED) is 0.886. The highest BCUT2D eigenvalue weighted by atomic mass is 16.5. The average Bonchev–Trinajstić information content (AvgIpc) is 2.81. The molecule has 110 valence electrons. The normalized spacial score (nSPS) is 20.3. The molecule has 1 N–H and O–H groups in total. The number of hydrogen-bond donors (Lipinski definition) is 1. The van der Waals surface area contributed by atoms with E-state index < -0.39 is 0 Å². The first-order valence-electron chi connectivity index (χ1n) is 6.76. The molecule has 0 aromatic heterocycles. The highest BCUT2D eigenvalue weighted by Crippen LogP contribution is 2.28. The van der Waals surface area contributed by atoms with Crippen molar-refractivity contribution in [2.24, 2.45) is 0 Å². The average molecular weight is 278 g/mol. The Labute approximate surface area is 119 Å². The maximum absolute atomic E-state index is 12.1. The van der Waals surface area contributed by atoms with E-state index in [9.17, 15) is 4.79 Å². The lowest BCUT2D eigenvalue weighted by atomic mass is 10.1.